The number of amides is 1. The van der Waals surface area contributed by atoms with Gasteiger partial charge in [-0.2, -0.15) is 0 Å². The summed E-state index contributed by atoms with van der Waals surface area (Å²) in [5.74, 6) is 3.06. The summed E-state index contributed by atoms with van der Waals surface area (Å²) >= 11 is 0. The van der Waals surface area contributed by atoms with E-state index in [1.807, 2.05) is 41.3 Å². The SMILES string of the molecule is COc1ccc([C@H]2c3cc(OC)c(OC)cc3CCN2C(=O)c2cc(OC)cc(OC)c2)cc1. The Kier molecular flexibility index (Phi) is 6.82. The molecule has 1 atom stereocenters. The molecule has 0 spiro atoms. The second-order valence-electron chi connectivity index (χ2n) is 7.93. The van der Waals surface area contributed by atoms with E-state index in [2.05, 4.69) is 0 Å². The van der Waals surface area contributed by atoms with Crippen molar-refractivity contribution >= 4 is 5.91 Å². The van der Waals surface area contributed by atoms with E-state index in [9.17, 15) is 4.79 Å². The minimum Gasteiger partial charge on any atom is -0.497 e. The molecule has 4 rings (SSSR count). The first kappa shape index (κ1) is 23.3. The lowest BCUT2D eigenvalue weighted by Gasteiger charge is -2.38. The summed E-state index contributed by atoms with van der Waals surface area (Å²) in [6.45, 7) is 0.539. The fourth-order valence-electron chi connectivity index (χ4n) is 4.41. The highest BCUT2D eigenvalue weighted by Gasteiger charge is 2.34. The zero-order chi connectivity index (χ0) is 24.2. The predicted octanol–water partition coefficient (Wildman–Crippen LogP) is 4.52. The topological polar surface area (TPSA) is 66.5 Å². The van der Waals surface area contributed by atoms with Crippen molar-refractivity contribution in [2.75, 3.05) is 42.1 Å². The summed E-state index contributed by atoms with van der Waals surface area (Å²) in [6, 6.07) is 16.7. The average molecular weight is 464 g/mol. The molecule has 1 amide bonds. The summed E-state index contributed by atoms with van der Waals surface area (Å²) in [5.41, 5.74) is 3.58. The van der Waals surface area contributed by atoms with Gasteiger partial charge in [0.25, 0.3) is 5.91 Å². The maximum Gasteiger partial charge on any atom is 0.254 e. The van der Waals surface area contributed by atoms with Crippen LogP contribution in [0.15, 0.2) is 54.6 Å². The quantitative estimate of drug-likeness (QED) is 0.513. The monoisotopic (exact) mass is 463 g/mol. The van der Waals surface area contributed by atoms with E-state index < -0.39 is 0 Å². The van der Waals surface area contributed by atoms with E-state index >= 15 is 0 Å². The molecule has 7 heteroatoms. The van der Waals surface area contributed by atoms with Gasteiger partial charge in [0.15, 0.2) is 11.5 Å². The molecule has 34 heavy (non-hydrogen) atoms. The molecule has 1 heterocycles. The van der Waals surface area contributed by atoms with Crippen LogP contribution >= 0.6 is 0 Å². The number of methoxy groups -OCH3 is 5. The van der Waals surface area contributed by atoms with Crippen molar-refractivity contribution in [1.29, 1.82) is 0 Å². The summed E-state index contributed by atoms with van der Waals surface area (Å²) in [7, 11) is 8.01. The van der Waals surface area contributed by atoms with E-state index in [0.717, 1.165) is 22.4 Å². The lowest BCUT2D eigenvalue weighted by Crippen LogP contribution is -2.40. The lowest BCUT2D eigenvalue weighted by molar-refractivity contribution is 0.0693. The van der Waals surface area contributed by atoms with Crippen LogP contribution in [0, 0.1) is 0 Å². The number of hydrogen-bond acceptors (Lipinski definition) is 6. The van der Waals surface area contributed by atoms with E-state index in [-0.39, 0.29) is 11.9 Å². The first-order valence-corrected chi connectivity index (χ1v) is 11.0. The van der Waals surface area contributed by atoms with Gasteiger partial charge in [-0.25, -0.2) is 0 Å². The van der Waals surface area contributed by atoms with Crippen molar-refractivity contribution in [3.05, 3.63) is 76.9 Å². The first-order chi connectivity index (χ1) is 16.5. The van der Waals surface area contributed by atoms with Crippen LogP contribution in [0.4, 0.5) is 0 Å². The second kappa shape index (κ2) is 9.95. The average Bonchev–Trinajstić information content (AvgIpc) is 2.90. The number of carbonyl (C=O) groups is 1. The molecule has 178 valence electrons. The van der Waals surface area contributed by atoms with E-state index in [1.165, 1.54) is 0 Å². The third-order valence-electron chi connectivity index (χ3n) is 6.16. The molecule has 1 aliphatic rings. The van der Waals surface area contributed by atoms with Gasteiger partial charge in [0, 0.05) is 18.2 Å². The third kappa shape index (κ3) is 4.33. The van der Waals surface area contributed by atoms with Crippen molar-refractivity contribution in [2.24, 2.45) is 0 Å². The Bertz CT molecular complexity index is 1150. The van der Waals surface area contributed by atoms with Crippen LogP contribution in [0.5, 0.6) is 28.7 Å². The Hall–Kier alpha value is -3.87. The maximum absolute atomic E-state index is 13.9. The Morgan fingerprint density at radius 2 is 1.32 bits per heavy atom. The Balaban J connectivity index is 1.84. The summed E-state index contributed by atoms with van der Waals surface area (Å²) in [5, 5.41) is 0. The van der Waals surface area contributed by atoms with Gasteiger partial charge < -0.3 is 28.6 Å². The smallest absolute Gasteiger partial charge is 0.254 e. The summed E-state index contributed by atoms with van der Waals surface area (Å²) in [4.78, 5) is 15.7. The lowest BCUT2D eigenvalue weighted by atomic mass is 9.87. The van der Waals surface area contributed by atoms with Gasteiger partial charge in [0.1, 0.15) is 17.2 Å². The normalized spacial score (nSPS) is 14.7. The van der Waals surface area contributed by atoms with Crippen LogP contribution in [0.3, 0.4) is 0 Å². The van der Waals surface area contributed by atoms with Gasteiger partial charge in [-0.15, -0.1) is 0 Å². The number of carbonyl (C=O) groups excluding carboxylic acids is 1. The number of hydrogen-bond donors (Lipinski definition) is 0. The molecule has 0 radical (unpaired) electrons. The minimum atomic E-state index is -0.320. The van der Waals surface area contributed by atoms with Crippen molar-refractivity contribution in [2.45, 2.75) is 12.5 Å². The Morgan fingerprint density at radius 3 is 1.88 bits per heavy atom. The molecule has 0 aliphatic carbocycles. The minimum absolute atomic E-state index is 0.113. The molecule has 0 unspecified atom stereocenters. The van der Waals surface area contributed by atoms with Crippen LogP contribution in [0.1, 0.15) is 33.1 Å². The fraction of sp³-hybridized carbons (Fsp3) is 0.296. The highest BCUT2D eigenvalue weighted by molar-refractivity contribution is 5.96. The standard InChI is InChI=1S/C27H29NO6/c1-30-20-8-6-17(7-9-20)26-23-16-25(34-5)24(33-4)14-18(23)10-11-28(26)27(29)19-12-21(31-2)15-22(13-19)32-3/h6-9,12-16,26H,10-11H2,1-5H3/t26-/m0/s1. The molecule has 0 aromatic heterocycles. The molecule has 0 fully saturated rings. The number of nitrogens with zero attached hydrogens (tertiary/aromatic N) is 1. The van der Waals surface area contributed by atoms with Crippen molar-refractivity contribution in [3.8, 4) is 28.7 Å². The van der Waals surface area contributed by atoms with Crippen LogP contribution in [0.2, 0.25) is 0 Å². The zero-order valence-corrected chi connectivity index (χ0v) is 20.1. The first-order valence-electron chi connectivity index (χ1n) is 11.0. The zero-order valence-electron chi connectivity index (χ0n) is 20.1. The van der Waals surface area contributed by atoms with Crippen molar-refractivity contribution in [1.82, 2.24) is 4.90 Å². The maximum atomic E-state index is 13.9. The number of benzene rings is 3. The van der Waals surface area contributed by atoms with Gasteiger partial charge in [-0.05, 0) is 59.5 Å². The Labute approximate surface area is 199 Å². The molecule has 1 aliphatic heterocycles. The Morgan fingerprint density at radius 1 is 0.735 bits per heavy atom. The molecular formula is C27H29NO6. The molecule has 3 aromatic rings. The van der Waals surface area contributed by atoms with E-state index in [4.69, 9.17) is 23.7 Å². The van der Waals surface area contributed by atoms with Gasteiger partial charge in [0.2, 0.25) is 0 Å². The molecule has 0 saturated heterocycles. The van der Waals surface area contributed by atoms with E-state index in [0.29, 0.717) is 41.5 Å². The van der Waals surface area contributed by atoms with Gasteiger partial charge in [-0.3, -0.25) is 4.79 Å². The molecular weight excluding hydrogens is 434 g/mol. The number of rotatable bonds is 7. The van der Waals surface area contributed by atoms with Crippen molar-refractivity contribution in [3.63, 3.8) is 0 Å². The number of fused-ring (bicyclic) bond motifs is 1. The van der Waals surface area contributed by atoms with Crippen molar-refractivity contribution < 1.29 is 28.5 Å². The van der Waals surface area contributed by atoms with Gasteiger partial charge in [-0.1, -0.05) is 12.1 Å². The third-order valence-corrected chi connectivity index (χ3v) is 6.16. The predicted molar refractivity (Wildman–Crippen MR) is 129 cm³/mol. The number of ether oxygens (including phenoxy) is 5. The van der Waals surface area contributed by atoms with Crippen LogP contribution < -0.4 is 23.7 Å². The fourth-order valence-corrected chi connectivity index (χ4v) is 4.41. The highest BCUT2D eigenvalue weighted by atomic mass is 16.5. The molecule has 3 aromatic carbocycles. The molecule has 0 bridgehead atoms. The second-order valence-corrected chi connectivity index (χ2v) is 7.93. The summed E-state index contributed by atoms with van der Waals surface area (Å²) < 4.78 is 27.2. The van der Waals surface area contributed by atoms with Gasteiger partial charge >= 0.3 is 0 Å². The highest BCUT2D eigenvalue weighted by Crippen LogP contribution is 2.42. The molecule has 7 nitrogen and oxygen atoms in total. The van der Waals surface area contributed by atoms with E-state index in [1.54, 1.807) is 53.7 Å². The van der Waals surface area contributed by atoms with Crippen LogP contribution in [-0.4, -0.2) is 52.9 Å². The molecule has 0 saturated carbocycles. The van der Waals surface area contributed by atoms with Crippen LogP contribution in [-0.2, 0) is 6.42 Å². The van der Waals surface area contributed by atoms with Gasteiger partial charge in [0.05, 0.1) is 41.6 Å². The van der Waals surface area contributed by atoms with Crippen LogP contribution in [0.25, 0.3) is 0 Å². The largest absolute Gasteiger partial charge is 0.497 e. The molecule has 0 N–H and O–H groups in total. The summed E-state index contributed by atoms with van der Waals surface area (Å²) in [6.07, 6.45) is 0.690.